The van der Waals surface area contributed by atoms with Crippen LogP contribution in [-0.4, -0.2) is 34.1 Å². The van der Waals surface area contributed by atoms with Crippen molar-refractivity contribution >= 4 is 45.7 Å². The zero-order chi connectivity index (χ0) is 25.9. The van der Waals surface area contributed by atoms with Gasteiger partial charge in [-0.05, 0) is 47.5 Å². The van der Waals surface area contributed by atoms with Crippen molar-refractivity contribution in [2.75, 3.05) is 12.0 Å². The maximum Gasteiger partial charge on any atom is 0.301 e. The fourth-order valence-electron chi connectivity index (χ4n) is 3.97. The normalized spacial score (nSPS) is 16.8. The molecule has 1 N–H and O–H groups in total. The number of nitrogens with zero attached hydrogens (tertiary/aromatic N) is 3. The van der Waals surface area contributed by atoms with Gasteiger partial charge in [0.05, 0.1) is 18.7 Å². The highest BCUT2D eigenvalue weighted by atomic mass is 32.2. The van der Waals surface area contributed by atoms with Crippen molar-refractivity contribution in [1.29, 1.82) is 0 Å². The molecule has 0 saturated carbocycles. The number of anilines is 1. The first-order chi connectivity index (χ1) is 18.0. The lowest BCUT2D eigenvalue weighted by Crippen LogP contribution is -2.29. The number of aliphatic hydroxyl groups excluding tert-OH is 1. The summed E-state index contributed by atoms with van der Waals surface area (Å²) in [4.78, 5) is 27.8. The van der Waals surface area contributed by atoms with Gasteiger partial charge in [0.2, 0.25) is 5.13 Å². The molecule has 0 spiro atoms. The van der Waals surface area contributed by atoms with Crippen molar-refractivity contribution in [3.05, 3.63) is 107 Å². The van der Waals surface area contributed by atoms with Crippen LogP contribution in [0, 0.1) is 5.82 Å². The molecule has 5 rings (SSSR count). The number of ether oxygens (including phenoxy) is 1. The lowest BCUT2D eigenvalue weighted by molar-refractivity contribution is -0.132. The quantitative estimate of drug-likeness (QED) is 0.109. The molecular formula is C27H20FN3O4S2. The van der Waals surface area contributed by atoms with E-state index < -0.39 is 17.7 Å². The van der Waals surface area contributed by atoms with E-state index >= 15 is 0 Å². The molecule has 1 aromatic heterocycles. The van der Waals surface area contributed by atoms with Gasteiger partial charge in [0.15, 0.2) is 4.34 Å². The summed E-state index contributed by atoms with van der Waals surface area (Å²) in [5.41, 5.74) is 1.91. The molecule has 1 amide bonds. The summed E-state index contributed by atoms with van der Waals surface area (Å²) in [6.45, 7) is 0. The Balaban J connectivity index is 1.51. The number of thioether (sulfide) groups is 1. The smallest absolute Gasteiger partial charge is 0.301 e. The van der Waals surface area contributed by atoms with Gasteiger partial charge in [0.1, 0.15) is 17.3 Å². The van der Waals surface area contributed by atoms with E-state index in [1.54, 1.807) is 60.7 Å². The summed E-state index contributed by atoms with van der Waals surface area (Å²) in [7, 11) is 1.53. The Kier molecular flexibility index (Phi) is 7.02. The minimum Gasteiger partial charge on any atom is -0.507 e. The van der Waals surface area contributed by atoms with Crippen LogP contribution in [-0.2, 0) is 15.3 Å². The molecule has 1 saturated heterocycles. The zero-order valence-corrected chi connectivity index (χ0v) is 21.1. The third kappa shape index (κ3) is 4.98. The maximum absolute atomic E-state index is 13.3. The number of carbonyl (C=O) groups is 2. The molecule has 186 valence electrons. The van der Waals surface area contributed by atoms with Crippen molar-refractivity contribution in [2.24, 2.45) is 0 Å². The monoisotopic (exact) mass is 533 g/mol. The van der Waals surface area contributed by atoms with Gasteiger partial charge in [0, 0.05) is 11.3 Å². The average Bonchev–Trinajstić information content (AvgIpc) is 3.50. The SMILES string of the molecule is COc1ccc(/C(O)=C2/C(=O)C(=O)N(c3nnc(SCc4ccc(F)cc4)s3)C2c2ccccc2)cc1. The van der Waals surface area contributed by atoms with Crippen LogP contribution >= 0.6 is 23.1 Å². The number of benzene rings is 3. The number of ketones is 1. The Morgan fingerprint density at radius 2 is 1.73 bits per heavy atom. The molecule has 1 fully saturated rings. The minimum absolute atomic E-state index is 0.0305. The predicted octanol–water partition coefficient (Wildman–Crippen LogP) is 5.60. The van der Waals surface area contributed by atoms with Crippen LogP contribution in [0.5, 0.6) is 5.75 Å². The molecule has 1 unspecified atom stereocenters. The van der Waals surface area contributed by atoms with Gasteiger partial charge in [-0.1, -0.05) is 65.6 Å². The Labute approximate surface area is 220 Å². The number of Topliss-reactive ketones (excluding diaryl/α,β-unsaturated/α-hetero) is 1. The van der Waals surface area contributed by atoms with E-state index in [-0.39, 0.29) is 22.3 Å². The van der Waals surface area contributed by atoms with Gasteiger partial charge in [-0.2, -0.15) is 0 Å². The molecule has 0 bridgehead atoms. The number of methoxy groups -OCH3 is 1. The summed E-state index contributed by atoms with van der Waals surface area (Å²) in [5.74, 6) is -1.07. The number of rotatable bonds is 7. The predicted molar refractivity (Wildman–Crippen MR) is 140 cm³/mol. The van der Waals surface area contributed by atoms with E-state index in [9.17, 15) is 19.1 Å². The zero-order valence-electron chi connectivity index (χ0n) is 19.5. The van der Waals surface area contributed by atoms with Crippen molar-refractivity contribution < 1.29 is 23.8 Å². The van der Waals surface area contributed by atoms with Crippen LogP contribution in [0.2, 0.25) is 0 Å². The van der Waals surface area contributed by atoms with Crippen molar-refractivity contribution in [3.63, 3.8) is 0 Å². The third-order valence-electron chi connectivity index (χ3n) is 5.80. The van der Waals surface area contributed by atoms with Crippen molar-refractivity contribution in [3.8, 4) is 5.75 Å². The Morgan fingerprint density at radius 3 is 2.41 bits per heavy atom. The molecule has 0 radical (unpaired) electrons. The van der Waals surface area contributed by atoms with E-state index in [1.165, 1.54) is 47.2 Å². The number of aliphatic hydroxyl groups is 1. The lowest BCUT2D eigenvalue weighted by atomic mass is 9.95. The molecule has 2 heterocycles. The number of hydrogen-bond acceptors (Lipinski definition) is 8. The summed E-state index contributed by atoms with van der Waals surface area (Å²) in [5, 5.41) is 19.8. The van der Waals surface area contributed by atoms with Crippen LogP contribution in [0.3, 0.4) is 0 Å². The second-order valence-electron chi connectivity index (χ2n) is 8.07. The van der Waals surface area contributed by atoms with Crippen molar-refractivity contribution in [1.82, 2.24) is 10.2 Å². The van der Waals surface area contributed by atoms with Crippen molar-refractivity contribution in [2.45, 2.75) is 16.1 Å². The summed E-state index contributed by atoms with van der Waals surface area (Å²) in [6.07, 6.45) is 0. The third-order valence-corrected chi connectivity index (χ3v) is 7.93. The van der Waals surface area contributed by atoms with E-state index in [2.05, 4.69) is 10.2 Å². The topological polar surface area (TPSA) is 92.6 Å². The van der Waals surface area contributed by atoms with Crippen LogP contribution in [0.4, 0.5) is 9.52 Å². The molecule has 1 atom stereocenters. The van der Waals surface area contributed by atoms with E-state index in [4.69, 9.17) is 4.74 Å². The molecule has 1 aliphatic rings. The Morgan fingerprint density at radius 1 is 1.03 bits per heavy atom. The second-order valence-corrected chi connectivity index (χ2v) is 10.3. The van der Waals surface area contributed by atoms with Crippen LogP contribution in [0.25, 0.3) is 5.76 Å². The summed E-state index contributed by atoms with van der Waals surface area (Å²) in [6, 6.07) is 20.9. The van der Waals surface area contributed by atoms with Gasteiger partial charge in [-0.25, -0.2) is 4.39 Å². The Bertz CT molecular complexity index is 1470. The number of carbonyl (C=O) groups excluding carboxylic acids is 2. The fraction of sp³-hybridized carbons (Fsp3) is 0.111. The highest BCUT2D eigenvalue weighted by molar-refractivity contribution is 8.00. The average molecular weight is 534 g/mol. The van der Waals surface area contributed by atoms with E-state index in [0.29, 0.717) is 27.0 Å². The molecule has 1 aliphatic heterocycles. The minimum atomic E-state index is -0.883. The van der Waals surface area contributed by atoms with E-state index in [1.807, 2.05) is 6.07 Å². The standard InChI is InChI=1S/C27H20FN3O4S2/c1-35-20-13-9-18(10-14-20)23(32)21-22(17-5-3-2-4-6-17)31(25(34)24(21)33)26-29-30-27(37-26)36-15-16-7-11-19(28)12-8-16/h2-14,22,32H,15H2,1H3/b23-21-. The highest BCUT2D eigenvalue weighted by Crippen LogP contribution is 2.44. The van der Waals surface area contributed by atoms with Gasteiger partial charge >= 0.3 is 5.91 Å². The van der Waals surface area contributed by atoms with Gasteiger partial charge < -0.3 is 9.84 Å². The van der Waals surface area contributed by atoms with Gasteiger partial charge in [0.25, 0.3) is 5.78 Å². The largest absolute Gasteiger partial charge is 0.507 e. The highest BCUT2D eigenvalue weighted by Gasteiger charge is 2.48. The molecule has 10 heteroatoms. The summed E-state index contributed by atoms with van der Waals surface area (Å²) >= 11 is 2.56. The fourth-order valence-corrected chi connectivity index (χ4v) is 5.79. The molecule has 37 heavy (non-hydrogen) atoms. The Hall–Kier alpha value is -4.02. The molecule has 4 aromatic rings. The molecule has 3 aromatic carbocycles. The first kappa shape index (κ1) is 24.7. The van der Waals surface area contributed by atoms with Crippen LogP contribution in [0.15, 0.2) is 88.8 Å². The van der Waals surface area contributed by atoms with Gasteiger partial charge in [-0.3, -0.25) is 14.5 Å². The number of hydrogen-bond donors (Lipinski definition) is 1. The van der Waals surface area contributed by atoms with E-state index in [0.717, 1.165) is 5.56 Å². The molecular weight excluding hydrogens is 513 g/mol. The lowest BCUT2D eigenvalue weighted by Gasteiger charge is -2.22. The second kappa shape index (κ2) is 10.5. The van der Waals surface area contributed by atoms with Crippen LogP contribution in [0.1, 0.15) is 22.7 Å². The first-order valence-corrected chi connectivity index (χ1v) is 13.0. The number of halogens is 1. The number of amides is 1. The maximum atomic E-state index is 13.3. The van der Waals surface area contributed by atoms with Gasteiger partial charge in [-0.15, -0.1) is 10.2 Å². The molecule has 0 aliphatic carbocycles. The molecule has 7 nitrogen and oxygen atoms in total. The number of aromatic nitrogens is 2. The van der Waals surface area contributed by atoms with Crippen LogP contribution < -0.4 is 9.64 Å². The summed E-state index contributed by atoms with van der Waals surface area (Å²) < 4.78 is 18.9. The first-order valence-electron chi connectivity index (χ1n) is 11.2.